The smallest absolute Gasteiger partial charge is 0.119 e. The first kappa shape index (κ1) is 24.5. The van der Waals surface area contributed by atoms with E-state index in [2.05, 4.69) is 74.5 Å². The van der Waals surface area contributed by atoms with Gasteiger partial charge in [-0.1, -0.05) is 86.5 Å². The zero-order chi connectivity index (χ0) is 24.7. The largest absolute Gasteiger partial charge is 0.318 e. The molecule has 2 aromatic rings. The molecule has 2 unspecified atom stereocenters. The van der Waals surface area contributed by atoms with Crippen molar-refractivity contribution in [2.24, 2.45) is 5.92 Å². The highest BCUT2D eigenvalue weighted by Crippen LogP contribution is 2.76. The summed E-state index contributed by atoms with van der Waals surface area (Å²) in [5.74, 6) is 1.33. The Morgan fingerprint density at radius 1 is 0.667 bits per heavy atom. The van der Waals surface area contributed by atoms with Crippen LogP contribution in [0.1, 0.15) is 107 Å². The first-order valence-electron chi connectivity index (χ1n) is 14.7. The van der Waals surface area contributed by atoms with Gasteiger partial charge in [0.2, 0.25) is 0 Å². The lowest BCUT2D eigenvalue weighted by atomic mass is 9.71. The van der Waals surface area contributed by atoms with Crippen molar-refractivity contribution in [2.75, 3.05) is 0 Å². The Labute approximate surface area is 218 Å². The van der Waals surface area contributed by atoms with E-state index < -0.39 is 7.14 Å². The summed E-state index contributed by atoms with van der Waals surface area (Å²) in [6.45, 7) is 4.75. The van der Waals surface area contributed by atoms with E-state index >= 15 is 4.57 Å². The topological polar surface area (TPSA) is 17.1 Å². The minimum Gasteiger partial charge on any atom is -0.318 e. The lowest BCUT2D eigenvalue weighted by Gasteiger charge is -2.43. The minimum absolute atomic E-state index is 0.270. The highest BCUT2D eigenvalue weighted by atomic mass is 31.2. The molecule has 6 rings (SSSR count). The molecule has 5 atom stereocenters. The van der Waals surface area contributed by atoms with Crippen LogP contribution in [0.4, 0.5) is 0 Å². The summed E-state index contributed by atoms with van der Waals surface area (Å²) in [7, 11) is -2.62. The molecule has 0 spiro atoms. The predicted octanol–water partition coefficient (Wildman–Crippen LogP) is 10.2. The summed E-state index contributed by atoms with van der Waals surface area (Å²) in [6.07, 6.45) is 13.6. The number of allylic oxidation sites excluding steroid dienone is 4. The molecule has 0 radical (unpaired) electrons. The number of fused-ring (bicyclic) bond motifs is 2. The molecule has 0 aromatic heterocycles. The summed E-state index contributed by atoms with van der Waals surface area (Å²) in [4.78, 5) is 0. The van der Waals surface area contributed by atoms with Crippen molar-refractivity contribution in [1.82, 2.24) is 0 Å². The van der Waals surface area contributed by atoms with Crippen LogP contribution in [-0.4, -0.2) is 11.3 Å². The van der Waals surface area contributed by atoms with E-state index in [4.69, 9.17) is 0 Å². The maximum atomic E-state index is 16.1. The van der Waals surface area contributed by atoms with Crippen LogP contribution in [0.5, 0.6) is 0 Å². The molecule has 2 heteroatoms. The second-order valence-electron chi connectivity index (χ2n) is 12.1. The van der Waals surface area contributed by atoms with E-state index in [0.29, 0.717) is 17.8 Å². The van der Waals surface area contributed by atoms with E-state index in [1.165, 1.54) is 67.8 Å². The van der Waals surface area contributed by atoms with Crippen LogP contribution in [-0.2, 0) is 4.57 Å². The summed E-state index contributed by atoms with van der Waals surface area (Å²) in [6, 6.07) is 22.0. The molecule has 190 valence electrons. The lowest BCUT2D eigenvalue weighted by Crippen LogP contribution is -2.26. The second-order valence-corrected chi connectivity index (χ2v) is 15.4. The average molecular weight is 499 g/mol. The summed E-state index contributed by atoms with van der Waals surface area (Å²) < 4.78 is 16.1. The third-order valence-corrected chi connectivity index (χ3v) is 15.0. The van der Waals surface area contributed by atoms with Gasteiger partial charge >= 0.3 is 0 Å². The Kier molecular flexibility index (Phi) is 6.89. The van der Waals surface area contributed by atoms with Crippen LogP contribution in [0.2, 0.25) is 0 Å². The van der Waals surface area contributed by atoms with Gasteiger partial charge in [-0.05, 0) is 110 Å². The predicted molar refractivity (Wildman–Crippen MR) is 153 cm³/mol. The molecule has 1 nitrogen and oxygen atoms in total. The van der Waals surface area contributed by atoms with E-state index in [9.17, 15) is 0 Å². The van der Waals surface area contributed by atoms with Gasteiger partial charge < -0.3 is 4.57 Å². The first-order valence-corrected chi connectivity index (χ1v) is 16.6. The average Bonchev–Trinajstić information content (AvgIpc) is 3.30. The molecule has 36 heavy (non-hydrogen) atoms. The molecule has 1 heterocycles. The van der Waals surface area contributed by atoms with E-state index in [1.807, 2.05) is 0 Å². The second kappa shape index (κ2) is 10.1. The highest BCUT2D eigenvalue weighted by molar-refractivity contribution is 7.70. The van der Waals surface area contributed by atoms with Gasteiger partial charge in [-0.15, -0.1) is 0 Å². The summed E-state index contributed by atoms with van der Waals surface area (Å²) in [5.41, 5.74) is 8.34. The standard InChI is InChI=1S/C34H43OP/c1-24(26-13-5-3-6-14-26)32-21-22-33(25(2)27-15-7-4-8-16-27)36(32,35)34-23-28-17-9-10-18-29(28)30-19-11-12-20-31(30)34/h3-8,13-16,24-25,28,32-33H,9-12,17-23H2,1-2H3/t24-,25-,28+,32?,33?,36?/m0/s1. The fourth-order valence-electron chi connectivity index (χ4n) is 8.49. The molecule has 0 amide bonds. The van der Waals surface area contributed by atoms with E-state index in [-0.39, 0.29) is 11.3 Å². The van der Waals surface area contributed by atoms with Gasteiger partial charge in [0.05, 0.1) is 0 Å². The molecule has 0 N–H and O–H groups in total. The lowest BCUT2D eigenvalue weighted by molar-refractivity contribution is 0.431. The van der Waals surface area contributed by atoms with Crippen LogP contribution in [0.3, 0.4) is 0 Å². The van der Waals surface area contributed by atoms with Gasteiger partial charge in [0, 0.05) is 11.3 Å². The van der Waals surface area contributed by atoms with Crippen LogP contribution < -0.4 is 0 Å². The van der Waals surface area contributed by atoms with Crippen molar-refractivity contribution in [2.45, 2.75) is 108 Å². The van der Waals surface area contributed by atoms with Crippen LogP contribution in [0, 0.1) is 5.92 Å². The minimum atomic E-state index is -2.62. The normalized spacial score (nSPS) is 32.1. The molecule has 3 fully saturated rings. The fourth-order valence-corrected chi connectivity index (χ4v) is 13.7. The van der Waals surface area contributed by atoms with Crippen LogP contribution in [0.15, 0.2) is 82.7 Å². The molecule has 4 aliphatic rings. The Morgan fingerprint density at radius 2 is 1.19 bits per heavy atom. The number of hydrogen-bond donors (Lipinski definition) is 0. The van der Waals surface area contributed by atoms with Crippen molar-refractivity contribution >= 4 is 7.14 Å². The Balaban J connectivity index is 1.50. The SMILES string of the molecule is C[C@@H](c1ccccc1)C1CCC([C@@H](C)c2ccccc2)P1(=O)C1=C2CCCCC2=C2CCCC[C@@H]2C1. The fraction of sp³-hybridized carbons (Fsp3) is 0.529. The van der Waals surface area contributed by atoms with Gasteiger partial charge in [-0.25, -0.2) is 0 Å². The van der Waals surface area contributed by atoms with Crippen molar-refractivity contribution < 1.29 is 4.57 Å². The van der Waals surface area contributed by atoms with Gasteiger partial charge in [0.15, 0.2) is 0 Å². The van der Waals surface area contributed by atoms with Crippen molar-refractivity contribution in [1.29, 1.82) is 0 Å². The monoisotopic (exact) mass is 498 g/mol. The Morgan fingerprint density at radius 3 is 1.78 bits per heavy atom. The van der Waals surface area contributed by atoms with Gasteiger partial charge in [0.1, 0.15) is 7.14 Å². The highest BCUT2D eigenvalue weighted by Gasteiger charge is 2.54. The summed E-state index contributed by atoms with van der Waals surface area (Å²) in [5, 5.41) is 1.48. The number of hydrogen-bond acceptors (Lipinski definition) is 1. The first-order chi connectivity index (χ1) is 17.6. The number of rotatable bonds is 5. The third-order valence-electron chi connectivity index (χ3n) is 10.4. The number of benzene rings is 2. The Hall–Kier alpha value is -1.85. The van der Waals surface area contributed by atoms with Crippen LogP contribution >= 0.6 is 7.14 Å². The zero-order valence-electron chi connectivity index (χ0n) is 22.3. The molecular formula is C34H43OP. The third kappa shape index (κ3) is 4.11. The van der Waals surface area contributed by atoms with Gasteiger partial charge in [-0.2, -0.15) is 0 Å². The summed E-state index contributed by atoms with van der Waals surface area (Å²) >= 11 is 0. The van der Waals surface area contributed by atoms with Crippen molar-refractivity contribution in [3.63, 3.8) is 0 Å². The molecule has 2 saturated carbocycles. The molecular weight excluding hydrogens is 455 g/mol. The van der Waals surface area contributed by atoms with Crippen LogP contribution in [0.25, 0.3) is 0 Å². The van der Waals surface area contributed by atoms with Gasteiger partial charge in [-0.3, -0.25) is 0 Å². The van der Waals surface area contributed by atoms with Gasteiger partial charge in [0.25, 0.3) is 0 Å². The maximum Gasteiger partial charge on any atom is 0.119 e. The quantitative estimate of drug-likeness (QED) is 0.375. The van der Waals surface area contributed by atoms with E-state index in [0.717, 1.165) is 19.3 Å². The molecule has 2 aromatic carbocycles. The maximum absolute atomic E-state index is 16.1. The molecule has 1 saturated heterocycles. The van der Waals surface area contributed by atoms with Crippen molar-refractivity contribution in [3.8, 4) is 0 Å². The Bertz CT molecular complexity index is 1130. The zero-order valence-corrected chi connectivity index (χ0v) is 23.2. The molecule has 0 bridgehead atoms. The van der Waals surface area contributed by atoms with Crippen molar-refractivity contribution in [3.05, 3.63) is 93.8 Å². The molecule has 1 aliphatic heterocycles. The molecule has 3 aliphatic carbocycles. The van der Waals surface area contributed by atoms with E-state index in [1.54, 1.807) is 16.7 Å².